The van der Waals surface area contributed by atoms with E-state index >= 15 is 0 Å². The maximum atomic E-state index is 14.2. The van der Waals surface area contributed by atoms with Gasteiger partial charge in [-0.05, 0) is 43.0 Å². The Kier molecular flexibility index (Phi) is 4.57. The van der Waals surface area contributed by atoms with E-state index in [0.29, 0.717) is 6.54 Å². The van der Waals surface area contributed by atoms with Gasteiger partial charge in [0.25, 0.3) is 0 Å². The largest absolute Gasteiger partial charge is 0.326 e. The fraction of sp³-hybridized carbons (Fsp3) is 0.529. The van der Waals surface area contributed by atoms with Crippen molar-refractivity contribution < 1.29 is 4.39 Å². The van der Waals surface area contributed by atoms with Crippen LogP contribution in [0.2, 0.25) is 0 Å². The minimum atomic E-state index is -0.109. The number of thiophene rings is 1. The van der Waals surface area contributed by atoms with Crippen LogP contribution in [-0.2, 0) is 13.1 Å². The summed E-state index contributed by atoms with van der Waals surface area (Å²) >= 11 is 1.64. The first-order valence-corrected chi connectivity index (χ1v) is 8.65. The molecule has 2 aromatic rings. The Morgan fingerprint density at radius 1 is 1.43 bits per heavy atom. The second-order valence-corrected chi connectivity index (χ2v) is 7.14. The van der Waals surface area contributed by atoms with E-state index < -0.39 is 0 Å². The maximum Gasteiger partial charge on any atom is 0.132 e. The lowest BCUT2D eigenvalue weighted by Gasteiger charge is -2.17. The summed E-state index contributed by atoms with van der Waals surface area (Å²) in [5, 5.41) is 0.793. The third kappa shape index (κ3) is 2.98. The first kappa shape index (κ1) is 14.9. The number of halogens is 1. The van der Waals surface area contributed by atoms with Crippen LogP contribution in [0, 0.1) is 11.7 Å². The highest BCUT2D eigenvalue weighted by Crippen LogP contribution is 2.35. The van der Waals surface area contributed by atoms with Crippen molar-refractivity contribution in [2.75, 3.05) is 13.1 Å². The van der Waals surface area contributed by atoms with Gasteiger partial charge in [0.1, 0.15) is 5.82 Å². The highest BCUT2D eigenvalue weighted by atomic mass is 32.1. The molecule has 0 saturated carbocycles. The average Bonchev–Trinajstić information content (AvgIpc) is 3.05. The van der Waals surface area contributed by atoms with E-state index in [-0.39, 0.29) is 5.82 Å². The van der Waals surface area contributed by atoms with Crippen LogP contribution in [0.5, 0.6) is 0 Å². The zero-order valence-electron chi connectivity index (χ0n) is 12.6. The van der Waals surface area contributed by atoms with Gasteiger partial charge in [-0.15, -0.1) is 11.3 Å². The van der Waals surface area contributed by atoms with Crippen LogP contribution in [0.15, 0.2) is 18.2 Å². The van der Waals surface area contributed by atoms with Gasteiger partial charge in [0, 0.05) is 34.6 Å². The van der Waals surface area contributed by atoms with Gasteiger partial charge in [-0.1, -0.05) is 19.4 Å². The first-order chi connectivity index (χ1) is 10.2. The molecule has 1 fully saturated rings. The monoisotopic (exact) mass is 306 g/mol. The molecule has 0 spiro atoms. The molecule has 0 radical (unpaired) electrons. The number of fused-ring (bicyclic) bond motifs is 1. The Hall–Kier alpha value is -0.970. The van der Waals surface area contributed by atoms with Crippen molar-refractivity contribution in [3.8, 4) is 0 Å². The number of hydrogen-bond acceptors (Lipinski definition) is 3. The third-order valence-electron chi connectivity index (χ3n) is 4.48. The normalized spacial score (nSPS) is 19.7. The predicted molar refractivity (Wildman–Crippen MR) is 88.0 cm³/mol. The molecule has 114 valence electrons. The van der Waals surface area contributed by atoms with E-state index in [1.54, 1.807) is 23.5 Å². The molecule has 21 heavy (non-hydrogen) atoms. The zero-order valence-corrected chi connectivity index (χ0v) is 13.4. The fourth-order valence-electron chi connectivity index (χ4n) is 3.47. The van der Waals surface area contributed by atoms with Crippen molar-refractivity contribution >= 4 is 21.4 Å². The van der Waals surface area contributed by atoms with E-state index in [1.807, 2.05) is 6.07 Å². The summed E-state index contributed by atoms with van der Waals surface area (Å²) in [6.07, 6.45) is 3.83. The van der Waals surface area contributed by atoms with Crippen molar-refractivity contribution in [1.29, 1.82) is 0 Å². The van der Waals surface area contributed by atoms with E-state index in [1.165, 1.54) is 19.3 Å². The Morgan fingerprint density at radius 3 is 3.05 bits per heavy atom. The van der Waals surface area contributed by atoms with Gasteiger partial charge >= 0.3 is 0 Å². The van der Waals surface area contributed by atoms with E-state index in [0.717, 1.165) is 46.1 Å². The molecule has 1 saturated heterocycles. The minimum Gasteiger partial charge on any atom is -0.326 e. The molecule has 2 N–H and O–H groups in total. The first-order valence-electron chi connectivity index (χ1n) is 7.84. The summed E-state index contributed by atoms with van der Waals surface area (Å²) in [7, 11) is 0. The number of nitrogens with zero attached hydrogens (tertiary/aromatic N) is 1. The van der Waals surface area contributed by atoms with Crippen LogP contribution >= 0.6 is 11.3 Å². The highest BCUT2D eigenvalue weighted by molar-refractivity contribution is 7.19. The van der Waals surface area contributed by atoms with E-state index in [2.05, 4.69) is 11.8 Å². The lowest BCUT2D eigenvalue weighted by molar-refractivity contribution is 0.313. The van der Waals surface area contributed by atoms with Crippen LogP contribution in [-0.4, -0.2) is 18.0 Å². The number of hydrogen-bond donors (Lipinski definition) is 1. The Morgan fingerprint density at radius 2 is 2.29 bits per heavy atom. The average molecular weight is 306 g/mol. The van der Waals surface area contributed by atoms with Crippen molar-refractivity contribution in [2.45, 2.75) is 39.3 Å². The number of rotatable bonds is 5. The summed E-state index contributed by atoms with van der Waals surface area (Å²) in [5.74, 6) is 0.703. The molecule has 1 unspecified atom stereocenters. The van der Waals surface area contributed by atoms with Crippen molar-refractivity contribution in [1.82, 2.24) is 4.90 Å². The molecule has 0 aliphatic carbocycles. The molecule has 2 heterocycles. The maximum absolute atomic E-state index is 14.2. The van der Waals surface area contributed by atoms with E-state index in [4.69, 9.17) is 5.73 Å². The highest BCUT2D eigenvalue weighted by Gasteiger charge is 2.24. The molecule has 0 bridgehead atoms. The van der Waals surface area contributed by atoms with Gasteiger partial charge in [-0.2, -0.15) is 0 Å². The molecule has 1 aromatic carbocycles. The standard InChI is InChI=1S/C17H23FN2S/c1-2-4-12-7-8-20(10-12)11-13-16(9-19)21-15-6-3-5-14(18)17(13)15/h3,5-6,12H,2,4,7-11,19H2,1H3. The summed E-state index contributed by atoms with van der Waals surface area (Å²) in [5.41, 5.74) is 7.00. The summed E-state index contributed by atoms with van der Waals surface area (Å²) in [6, 6.07) is 5.34. The quantitative estimate of drug-likeness (QED) is 0.900. The van der Waals surface area contributed by atoms with Crippen LogP contribution < -0.4 is 5.73 Å². The summed E-state index contributed by atoms with van der Waals surface area (Å²) < 4.78 is 15.2. The smallest absolute Gasteiger partial charge is 0.132 e. The summed E-state index contributed by atoms with van der Waals surface area (Å²) in [4.78, 5) is 3.60. The van der Waals surface area contributed by atoms with Crippen molar-refractivity contribution in [3.05, 3.63) is 34.5 Å². The predicted octanol–water partition coefficient (Wildman–Crippen LogP) is 4.12. The molecule has 1 aliphatic heterocycles. The molecule has 0 amide bonds. The zero-order chi connectivity index (χ0) is 14.8. The molecule has 1 aromatic heterocycles. The van der Waals surface area contributed by atoms with E-state index in [9.17, 15) is 4.39 Å². The Bertz CT molecular complexity index is 623. The fourth-order valence-corrected chi connectivity index (χ4v) is 4.58. The minimum absolute atomic E-state index is 0.109. The topological polar surface area (TPSA) is 29.3 Å². The number of benzene rings is 1. The van der Waals surface area contributed by atoms with Crippen LogP contribution in [0.4, 0.5) is 4.39 Å². The van der Waals surface area contributed by atoms with Gasteiger partial charge in [-0.25, -0.2) is 4.39 Å². The Balaban J connectivity index is 1.86. The third-order valence-corrected chi connectivity index (χ3v) is 5.70. The molecule has 1 aliphatic rings. The van der Waals surface area contributed by atoms with Crippen molar-refractivity contribution in [2.24, 2.45) is 11.7 Å². The van der Waals surface area contributed by atoms with Crippen LogP contribution in [0.25, 0.3) is 10.1 Å². The summed E-state index contributed by atoms with van der Waals surface area (Å²) in [6.45, 7) is 5.86. The van der Waals surface area contributed by atoms with Crippen LogP contribution in [0.3, 0.4) is 0 Å². The van der Waals surface area contributed by atoms with Crippen molar-refractivity contribution in [3.63, 3.8) is 0 Å². The van der Waals surface area contributed by atoms with Gasteiger partial charge in [0.2, 0.25) is 0 Å². The second kappa shape index (κ2) is 6.42. The van der Waals surface area contributed by atoms with Crippen LogP contribution in [0.1, 0.15) is 36.6 Å². The second-order valence-electron chi connectivity index (χ2n) is 6.00. The van der Waals surface area contributed by atoms with Gasteiger partial charge in [0.15, 0.2) is 0 Å². The lowest BCUT2D eigenvalue weighted by Crippen LogP contribution is -2.21. The molecule has 4 heteroatoms. The molecule has 1 atom stereocenters. The van der Waals surface area contributed by atoms with Gasteiger partial charge < -0.3 is 5.73 Å². The molecule has 2 nitrogen and oxygen atoms in total. The SMILES string of the molecule is CCCC1CCN(Cc2c(CN)sc3cccc(F)c23)C1. The lowest BCUT2D eigenvalue weighted by atomic mass is 10.0. The number of nitrogens with two attached hydrogens (primary N) is 1. The Labute approximate surface area is 129 Å². The molecular formula is C17H23FN2S. The van der Waals surface area contributed by atoms with Gasteiger partial charge in [0.05, 0.1) is 0 Å². The number of likely N-dealkylation sites (tertiary alicyclic amines) is 1. The van der Waals surface area contributed by atoms with Gasteiger partial charge in [-0.3, -0.25) is 4.90 Å². The molecule has 3 rings (SSSR count). The molecular weight excluding hydrogens is 283 g/mol.